The zero-order valence-electron chi connectivity index (χ0n) is 15.9. The van der Waals surface area contributed by atoms with E-state index in [9.17, 15) is 8.42 Å². The Hall–Kier alpha value is -2.99. The fourth-order valence-corrected chi connectivity index (χ4v) is 4.30. The van der Waals surface area contributed by atoms with E-state index in [1.807, 2.05) is 36.4 Å². The summed E-state index contributed by atoms with van der Waals surface area (Å²) in [6.45, 7) is 4.13. The second-order valence-electron chi connectivity index (χ2n) is 6.98. The first kappa shape index (κ1) is 18.4. The Morgan fingerprint density at radius 1 is 0.929 bits per heavy atom. The predicted octanol–water partition coefficient (Wildman–Crippen LogP) is 5.52. The van der Waals surface area contributed by atoms with Crippen LogP contribution in [0.5, 0.6) is 5.75 Å². The van der Waals surface area contributed by atoms with Crippen molar-refractivity contribution in [2.75, 3.05) is 11.8 Å². The summed E-state index contributed by atoms with van der Waals surface area (Å²) < 4.78 is 39.7. The van der Waals surface area contributed by atoms with Gasteiger partial charge in [-0.15, -0.1) is 0 Å². The minimum absolute atomic E-state index is 0.198. The molecule has 0 unspecified atom stereocenters. The first-order valence-corrected chi connectivity index (χ1v) is 10.5. The van der Waals surface area contributed by atoms with Crippen molar-refractivity contribution in [2.45, 2.75) is 24.7 Å². The number of nitrogens with one attached hydrogen (secondary N) is 1. The zero-order chi connectivity index (χ0) is 19.9. The molecular weight excluding hydrogens is 374 g/mol. The maximum absolute atomic E-state index is 12.9. The molecule has 0 radical (unpaired) electrons. The minimum atomic E-state index is -3.76. The third kappa shape index (κ3) is 3.20. The summed E-state index contributed by atoms with van der Waals surface area (Å²) in [7, 11) is -2.25. The van der Waals surface area contributed by atoms with Crippen LogP contribution in [-0.4, -0.2) is 15.5 Å². The number of ether oxygens (including phenoxy) is 1. The van der Waals surface area contributed by atoms with E-state index in [4.69, 9.17) is 9.15 Å². The van der Waals surface area contributed by atoms with Gasteiger partial charge in [-0.2, -0.15) is 0 Å². The van der Waals surface area contributed by atoms with E-state index < -0.39 is 10.0 Å². The van der Waals surface area contributed by atoms with Crippen molar-refractivity contribution >= 4 is 37.6 Å². The zero-order valence-corrected chi connectivity index (χ0v) is 16.7. The molecule has 0 bridgehead atoms. The van der Waals surface area contributed by atoms with Crippen LogP contribution in [0.3, 0.4) is 0 Å². The lowest BCUT2D eigenvalue weighted by Crippen LogP contribution is -2.13. The molecule has 0 fully saturated rings. The Morgan fingerprint density at radius 2 is 1.64 bits per heavy atom. The summed E-state index contributed by atoms with van der Waals surface area (Å²) in [6, 6.07) is 18.0. The second-order valence-corrected chi connectivity index (χ2v) is 8.66. The minimum Gasteiger partial charge on any atom is -0.495 e. The highest BCUT2D eigenvalue weighted by Gasteiger charge is 2.19. The van der Waals surface area contributed by atoms with Gasteiger partial charge in [-0.25, -0.2) is 8.42 Å². The van der Waals surface area contributed by atoms with E-state index in [0.29, 0.717) is 22.9 Å². The summed E-state index contributed by atoms with van der Waals surface area (Å²) in [6.07, 6.45) is 0. The number of sulfonamides is 1. The van der Waals surface area contributed by atoms with Gasteiger partial charge >= 0.3 is 0 Å². The van der Waals surface area contributed by atoms with Crippen molar-refractivity contribution in [3.05, 3.63) is 66.2 Å². The summed E-state index contributed by atoms with van der Waals surface area (Å²) in [5.41, 5.74) is 2.75. The van der Waals surface area contributed by atoms with Gasteiger partial charge in [0, 0.05) is 16.8 Å². The number of anilines is 1. The fraction of sp³-hybridized carbons (Fsp3) is 0.182. The average Bonchev–Trinajstić information content (AvgIpc) is 3.04. The molecule has 1 aromatic heterocycles. The van der Waals surface area contributed by atoms with Gasteiger partial charge in [0.05, 0.1) is 17.7 Å². The number of hydrogen-bond donors (Lipinski definition) is 1. The van der Waals surface area contributed by atoms with Crippen LogP contribution in [0, 0.1) is 0 Å². The van der Waals surface area contributed by atoms with E-state index in [-0.39, 0.29) is 4.90 Å². The van der Waals surface area contributed by atoms with E-state index in [2.05, 4.69) is 18.6 Å². The Morgan fingerprint density at radius 3 is 2.32 bits per heavy atom. The van der Waals surface area contributed by atoms with Gasteiger partial charge in [0.2, 0.25) is 0 Å². The number of benzene rings is 3. The summed E-state index contributed by atoms with van der Waals surface area (Å²) >= 11 is 0. The molecule has 0 aliphatic carbocycles. The first-order valence-electron chi connectivity index (χ1n) is 9.01. The van der Waals surface area contributed by atoms with Crippen molar-refractivity contribution in [1.82, 2.24) is 0 Å². The number of rotatable bonds is 5. The fourth-order valence-electron chi connectivity index (χ4n) is 3.24. The summed E-state index contributed by atoms with van der Waals surface area (Å²) in [4.78, 5) is 0.198. The van der Waals surface area contributed by atoms with Crippen LogP contribution in [0.4, 0.5) is 5.69 Å². The van der Waals surface area contributed by atoms with Gasteiger partial charge < -0.3 is 9.15 Å². The lowest BCUT2D eigenvalue weighted by molar-refractivity contribution is 0.417. The number of hydrogen-bond acceptors (Lipinski definition) is 4. The molecule has 0 saturated heterocycles. The van der Waals surface area contributed by atoms with Gasteiger partial charge in [0.25, 0.3) is 10.0 Å². The highest BCUT2D eigenvalue weighted by atomic mass is 32.2. The Balaban J connectivity index is 1.76. The summed E-state index contributed by atoms with van der Waals surface area (Å²) in [5.74, 6) is 0.765. The van der Waals surface area contributed by atoms with Crippen LogP contribution >= 0.6 is 0 Å². The van der Waals surface area contributed by atoms with Crippen molar-refractivity contribution in [3.63, 3.8) is 0 Å². The first-order chi connectivity index (χ1) is 13.4. The number of fused-ring (bicyclic) bond motifs is 3. The molecule has 5 nitrogen and oxygen atoms in total. The van der Waals surface area contributed by atoms with Gasteiger partial charge in [-0.1, -0.05) is 44.2 Å². The molecule has 3 aromatic carbocycles. The van der Waals surface area contributed by atoms with Gasteiger partial charge in [-0.3, -0.25) is 4.72 Å². The maximum atomic E-state index is 12.9. The molecule has 0 amide bonds. The quantitative estimate of drug-likeness (QED) is 0.483. The Bertz CT molecular complexity index is 1260. The molecule has 1 heterocycles. The topological polar surface area (TPSA) is 68.5 Å². The lowest BCUT2D eigenvalue weighted by atomic mass is 10.0. The smallest absolute Gasteiger partial charge is 0.262 e. The molecule has 4 rings (SSSR count). The van der Waals surface area contributed by atoms with Crippen molar-refractivity contribution in [2.24, 2.45) is 0 Å². The van der Waals surface area contributed by atoms with Crippen LogP contribution in [0.25, 0.3) is 21.9 Å². The monoisotopic (exact) mass is 395 g/mol. The average molecular weight is 395 g/mol. The number of furan rings is 1. The Kier molecular flexibility index (Phi) is 4.51. The Labute approximate surface area is 164 Å². The molecular formula is C22H21NO4S. The van der Waals surface area contributed by atoms with Gasteiger partial charge in [0.15, 0.2) is 0 Å². The van der Waals surface area contributed by atoms with Crippen LogP contribution in [0.1, 0.15) is 25.3 Å². The maximum Gasteiger partial charge on any atom is 0.262 e. The molecule has 0 saturated carbocycles. The number of methoxy groups -OCH3 is 1. The molecule has 0 atom stereocenters. The van der Waals surface area contributed by atoms with E-state index in [0.717, 1.165) is 21.9 Å². The van der Waals surface area contributed by atoms with E-state index in [1.165, 1.54) is 7.11 Å². The van der Waals surface area contributed by atoms with E-state index in [1.54, 1.807) is 24.3 Å². The second kappa shape index (κ2) is 6.87. The number of para-hydroxylation sites is 1. The molecule has 0 aliphatic rings. The molecule has 6 heteroatoms. The lowest BCUT2D eigenvalue weighted by Gasteiger charge is -2.13. The summed E-state index contributed by atoms with van der Waals surface area (Å²) in [5, 5.41) is 1.83. The van der Waals surface area contributed by atoms with Gasteiger partial charge in [-0.05, 0) is 35.7 Å². The molecule has 4 aromatic rings. The molecule has 144 valence electrons. The van der Waals surface area contributed by atoms with Crippen molar-refractivity contribution in [3.8, 4) is 5.75 Å². The molecule has 0 aliphatic heterocycles. The predicted molar refractivity (Wildman–Crippen MR) is 112 cm³/mol. The molecule has 28 heavy (non-hydrogen) atoms. The van der Waals surface area contributed by atoms with Crippen LogP contribution in [-0.2, 0) is 10.0 Å². The molecule has 0 spiro atoms. The standard InChI is InChI=1S/C22H21NO4S/c1-14(2)15-8-10-16(11-9-15)28(24,25)23-19-13-21-18(12-22(19)26-3)17-6-4-5-7-20(17)27-21/h4-14,23H,1-3H3. The SMILES string of the molecule is COc1cc2c(cc1NS(=O)(=O)c1ccc(C(C)C)cc1)oc1ccccc12. The third-order valence-corrected chi connectivity index (χ3v) is 6.18. The van der Waals surface area contributed by atoms with Crippen molar-refractivity contribution in [1.29, 1.82) is 0 Å². The third-order valence-electron chi connectivity index (χ3n) is 4.80. The van der Waals surface area contributed by atoms with Gasteiger partial charge in [0.1, 0.15) is 16.9 Å². The largest absolute Gasteiger partial charge is 0.495 e. The van der Waals surface area contributed by atoms with Crippen LogP contribution < -0.4 is 9.46 Å². The van der Waals surface area contributed by atoms with Crippen LogP contribution in [0.2, 0.25) is 0 Å². The van der Waals surface area contributed by atoms with Crippen molar-refractivity contribution < 1.29 is 17.6 Å². The van der Waals surface area contributed by atoms with E-state index >= 15 is 0 Å². The normalized spacial score (nSPS) is 12.0. The highest BCUT2D eigenvalue weighted by Crippen LogP contribution is 2.37. The van der Waals surface area contributed by atoms with Crippen LogP contribution in [0.15, 0.2) is 70.0 Å². The molecule has 1 N–H and O–H groups in total. The highest BCUT2D eigenvalue weighted by molar-refractivity contribution is 7.92.